The Hall–Kier alpha value is -2.44. The summed E-state index contributed by atoms with van der Waals surface area (Å²) in [6.07, 6.45) is 6.38. The van der Waals surface area contributed by atoms with E-state index in [0.29, 0.717) is 11.0 Å². The minimum absolute atomic E-state index is 0.581. The molecular formula is C19H22ClN5O. The van der Waals surface area contributed by atoms with Crippen LogP contribution in [-0.4, -0.2) is 39.3 Å². The van der Waals surface area contributed by atoms with Crippen molar-refractivity contribution in [3.05, 3.63) is 47.9 Å². The zero-order chi connectivity index (χ0) is 18.4. The van der Waals surface area contributed by atoms with Gasteiger partial charge in [0.25, 0.3) is 0 Å². The molecule has 0 unspecified atom stereocenters. The Kier molecular flexibility index (Phi) is 6.20. The molecule has 2 aromatic heterocycles. The van der Waals surface area contributed by atoms with Gasteiger partial charge >= 0.3 is 0 Å². The number of imidazole rings is 1. The molecule has 0 atom stereocenters. The Morgan fingerprint density at radius 2 is 2.00 bits per heavy atom. The molecule has 0 aliphatic heterocycles. The van der Waals surface area contributed by atoms with E-state index in [9.17, 15) is 0 Å². The predicted octanol–water partition coefficient (Wildman–Crippen LogP) is 4.04. The third-order valence-electron chi connectivity index (χ3n) is 3.93. The van der Waals surface area contributed by atoms with Crippen LogP contribution in [0.5, 0.6) is 0 Å². The summed E-state index contributed by atoms with van der Waals surface area (Å²) in [6, 6.07) is 7.64. The zero-order valence-electron chi connectivity index (χ0n) is 14.9. The molecule has 136 valence electrons. The van der Waals surface area contributed by atoms with Gasteiger partial charge in [0.05, 0.1) is 0 Å². The quantitative estimate of drug-likeness (QED) is 0.605. The molecule has 0 aliphatic carbocycles. The first-order valence-corrected chi connectivity index (χ1v) is 8.99. The summed E-state index contributed by atoms with van der Waals surface area (Å²) in [5.41, 5.74) is 2.69. The standard InChI is InChI=1S/C19H22ClN5O/c1-3-26-12-4-9-22-19-23-13-16(14-5-7-15(20)8-6-14)17(24-19)18-21-10-11-25(18)2/h5-8,10-11,13H,3-4,9,12H2,1-2H3,(H,22,23,24). The average molecular weight is 372 g/mol. The Labute approximate surface area is 158 Å². The summed E-state index contributed by atoms with van der Waals surface area (Å²) in [4.78, 5) is 13.6. The number of ether oxygens (including phenoxy) is 1. The van der Waals surface area contributed by atoms with Crippen molar-refractivity contribution in [3.63, 3.8) is 0 Å². The van der Waals surface area contributed by atoms with Gasteiger partial charge in [0.1, 0.15) is 5.69 Å². The average Bonchev–Trinajstić information content (AvgIpc) is 3.08. The molecule has 0 saturated carbocycles. The van der Waals surface area contributed by atoms with E-state index in [0.717, 1.165) is 48.8 Å². The van der Waals surface area contributed by atoms with E-state index in [1.165, 1.54) is 0 Å². The summed E-state index contributed by atoms with van der Waals surface area (Å²) in [5, 5.41) is 3.95. The largest absolute Gasteiger partial charge is 0.382 e. The smallest absolute Gasteiger partial charge is 0.223 e. The molecular weight excluding hydrogens is 350 g/mol. The highest BCUT2D eigenvalue weighted by atomic mass is 35.5. The molecule has 0 fully saturated rings. The Balaban J connectivity index is 1.89. The van der Waals surface area contributed by atoms with Gasteiger partial charge in [0, 0.05) is 56.0 Å². The second-order valence-corrected chi connectivity index (χ2v) is 6.24. The van der Waals surface area contributed by atoms with Gasteiger partial charge in [-0.2, -0.15) is 0 Å². The third kappa shape index (κ3) is 4.39. The summed E-state index contributed by atoms with van der Waals surface area (Å²) < 4.78 is 7.30. The molecule has 3 rings (SSSR count). The number of nitrogens with zero attached hydrogens (tertiary/aromatic N) is 4. The van der Waals surface area contributed by atoms with Crippen LogP contribution in [0.25, 0.3) is 22.6 Å². The number of aryl methyl sites for hydroxylation is 1. The first-order chi connectivity index (χ1) is 12.7. The van der Waals surface area contributed by atoms with E-state index >= 15 is 0 Å². The summed E-state index contributed by atoms with van der Waals surface area (Å²) in [6.45, 7) is 4.19. The van der Waals surface area contributed by atoms with E-state index in [2.05, 4.69) is 15.3 Å². The molecule has 0 bridgehead atoms. The second kappa shape index (κ2) is 8.78. The maximum absolute atomic E-state index is 6.01. The lowest BCUT2D eigenvalue weighted by atomic mass is 10.1. The minimum atomic E-state index is 0.581. The predicted molar refractivity (Wildman–Crippen MR) is 104 cm³/mol. The molecule has 6 nitrogen and oxygen atoms in total. The molecule has 2 heterocycles. The molecule has 7 heteroatoms. The van der Waals surface area contributed by atoms with Gasteiger partial charge in [-0.25, -0.2) is 15.0 Å². The third-order valence-corrected chi connectivity index (χ3v) is 4.18. The van der Waals surface area contributed by atoms with Crippen molar-refractivity contribution in [3.8, 4) is 22.6 Å². The lowest BCUT2D eigenvalue weighted by molar-refractivity contribution is 0.147. The van der Waals surface area contributed by atoms with E-state index in [1.807, 2.05) is 55.2 Å². The number of hydrogen-bond donors (Lipinski definition) is 1. The first kappa shape index (κ1) is 18.4. The van der Waals surface area contributed by atoms with Crippen LogP contribution in [0.15, 0.2) is 42.9 Å². The first-order valence-electron chi connectivity index (χ1n) is 8.61. The molecule has 1 N–H and O–H groups in total. The lowest BCUT2D eigenvalue weighted by Gasteiger charge is -2.12. The van der Waals surface area contributed by atoms with E-state index in [1.54, 1.807) is 6.20 Å². The van der Waals surface area contributed by atoms with Crippen LogP contribution in [0.1, 0.15) is 13.3 Å². The lowest BCUT2D eigenvalue weighted by Crippen LogP contribution is -2.09. The van der Waals surface area contributed by atoms with Gasteiger partial charge in [-0.15, -0.1) is 0 Å². The van der Waals surface area contributed by atoms with Crippen LogP contribution in [0.2, 0.25) is 5.02 Å². The highest BCUT2D eigenvalue weighted by Gasteiger charge is 2.15. The van der Waals surface area contributed by atoms with Crippen molar-refractivity contribution in [1.29, 1.82) is 0 Å². The molecule has 26 heavy (non-hydrogen) atoms. The fourth-order valence-electron chi connectivity index (χ4n) is 2.59. The van der Waals surface area contributed by atoms with Crippen LogP contribution >= 0.6 is 11.6 Å². The number of aromatic nitrogens is 4. The second-order valence-electron chi connectivity index (χ2n) is 5.80. The van der Waals surface area contributed by atoms with Crippen molar-refractivity contribution in [1.82, 2.24) is 19.5 Å². The highest BCUT2D eigenvalue weighted by Crippen LogP contribution is 2.30. The fourth-order valence-corrected chi connectivity index (χ4v) is 2.72. The normalized spacial score (nSPS) is 10.9. The van der Waals surface area contributed by atoms with Crippen molar-refractivity contribution in [2.45, 2.75) is 13.3 Å². The monoisotopic (exact) mass is 371 g/mol. The van der Waals surface area contributed by atoms with Crippen molar-refractivity contribution in [2.75, 3.05) is 25.1 Å². The number of anilines is 1. The number of rotatable bonds is 8. The van der Waals surface area contributed by atoms with Crippen LogP contribution in [0, 0.1) is 0 Å². The molecule has 0 radical (unpaired) electrons. The number of hydrogen-bond acceptors (Lipinski definition) is 5. The number of benzene rings is 1. The van der Waals surface area contributed by atoms with Crippen LogP contribution in [0.4, 0.5) is 5.95 Å². The summed E-state index contributed by atoms with van der Waals surface area (Å²) in [5.74, 6) is 1.37. The maximum atomic E-state index is 6.01. The zero-order valence-corrected chi connectivity index (χ0v) is 15.7. The SMILES string of the molecule is CCOCCCNc1ncc(-c2ccc(Cl)cc2)c(-c2nccn2C)n1. The van der Waals surface area contributed by atoms with Gasteiger partial charge < -0.3 is 14.6 Å². The van der Waals surface area contributed by atoms with Gasteiger partial charge in [-0.3, -0.25) is 0 Å². The molecule has 1 aromatic carbocycles. The van der Waals surface area contributed by atoms with E-state index < -0.39 is 0 Å². The van der Waals surface area contributed by atoms with Gasteiger partial charge in [0.15, 0.2) is 5.82 Å². The molecule has 0 aliphatic rings. The maximum Gasteiger partial charge on any atom is 0.223 e. The van der Waals surface area contributed by atoms with Crippen molar-refractivity contribution < 1.29 is 4.74 Å². The molecule has 0 spiro atoms. The van der Waals surface area contributed by atoms with E-state index in [4.69, 9.17) is 21.3 Å². The Bertz CT molecular complexity index is 847. The Morgan fingerprint density at radius 1 is 1.19 bits per heavy atom. The van der Waals surface area contributed by atoms with Gasteiger partial charge in [-0.05, 0) is 31.0 Å². The number of halogens is 1. The van der Waals surface area contributed by atoms with Gasteiger partial charge in [-0.1, -0.05) is 23.7 Å². The summed E-state index contributed by atoms with van der Waals surface area (Å²) in [7, 11) is 1.95. The van der Waals surface area contributed by atoms with Crippen LogP contribution in [-0.2, 0) is 11.8 Å². The fraction of sp³-hybridized carbons (Fsp3) is 0.316. The Morgan fingerprint density at radius 3 is 2.69 bits per heavy atom. The van der Waals surface area contributed by atoms with Gasteiger partial charge in [0.2, 0.25) is 5.95 Å². The summed E-state index contributed by atoms with van der Waals surface area (Å²) >= 11 is 6.01. The van der Waals surface area contributed by atoms with Crippen molar-refractivity contribution >= 4 is 17.5 Å². The van der Waals surface area contributed by atoms with E-state index in [-0.39, 0.29) is 0 Å². The van der Waals surface area contributed by atoms with Crippen LogP contribution < -0.4 is 5.32 Å². The molecule has 3 aromatic rings. The molecule has 0 amide bonds. The van der Waals surface area contributed by atoms with Crippen molar-refractivity contribution in [2.24, 2.45) is 7.05 Å². The molecule has 0 saturated heterocycles. The number of nitrogens with one attached hydrogen (secondary N) is 1. The van der Waals surface area contributed by atoms with Crippen LogP contribution in [0.3, 0.4) is 0 Å². The topological polar surface area (TPSA) is 64.9 Å². The minimum Gasteiger partial charge on any atom is -0.382 e. The highest BCUT2D eigenvalue weighted by molar-refractivity contribution is 6.30.